The number of ether oxygens (including phenoxy) is 1. The van der Waals surface area contributed by atoms with E-state index in [1.807, 2.05) is 0 Å². The zero-order chi connectivity index (χ0) is 33.3. The van der Waals surface area contributed by atoms with E-state index in [2.05, 4.69) is 69.7 Å². The number of carboxylic acids is 1. The topological polar surface area (TPSA) is 82.1 Å². The highest BCUT2D eigenvalue weighted by molar-refractivity contribution is 5.90. The van der Waals surface area contributed by atoms with Crippen molar-refractivity contribution in [3.05, 3.63) is 11.6 Å². The predicted molar refractivity (Wildman–Crippen MR) is 186 cm³/mol. The number of allylic oxidation sites excluding steroid dienone is 1. The van der Waals surface area contributed by atoms with Gasteiger partial charge in [0.2, 0.25) is 0 Å². The van der Waals surface area contributed by atoms with E-state index in [9.17, 15) is 14.7 Å². The fourth-order valence-corrected chi connectivity index (χ4v) is 11.9. The van der Waals surface area contributed by atoms with Crippen molar-refractivity contribution in [1.82, 2.24) is 15.1 Å². The fourth-order valence-electron chi connectivity index (χ4n) is 11.9. The van der Waals surface area contributed by atoms with Crippen molar-refractivity contribution in [2.45, 2.75) is 118 Å². The summed E-state index contributed by atoms with van der Waals surface area (Å²) in [6.07, 6.45) is 12.6. The predicted octanol–water partition coefficient (Wildman–Crippen LogP) is 6.52. The average molecular weight is 642 g/mol. The average Bonchev–Trinajstić information content (AvgIpc) is 3.75. The smallest absolute Gasteiger partial charge is 0.315 e. The minimum atomic E-state index is -1.16. The van der Waals surface area contributed by atoms with Gasteiger partial charge in [-0.2, -0.15) is 0 Å². The van der Waals surface area contributed by atoms with Gasteiger partial charge >= 0.3 is 5.97 Å². The van der Waals surface area contributed by atoms with Gasteiger partial charge in [-0.15, -0.1) is 0 Å². The van der Waals surface area contributed by atoms with E-state index in [0.717, 1.165) is 103 Å². The Bertz CT molecular complexity index is 1090. The van der Waals surface area contributed by atoms with Crippen molar-refractivity contribution >= 4 is 12.3 Å². The van der Waals surface area contributed by atoms with Gasteiger partial charge in [-0.3, -0.25) is 9.69 Å². The number of carboxylic acid groups (broad SMARTS) is 1. The van der Waals surface area contributed by atoms with Gasteiger partial charge in [0.25, 0.3) is 0 Å². The maximum Gasteiger partial charge on any atom is 0.315 e. The van der Waals surface area contributed by atoms with Gasteiger partial charge in [-0.1, -0.05) is 79.4 Å². The normalized spacial score (nSPS) is 39.5. The van der Waals surface area contributed by atoms with Crippen LogP contribution in [0.5, 0.6) is 0 Å². The Balaban J connectivity index is 1.51. The molecule has 4 aliphatic carbocycles. The third kappa shape index (κ3) is 5.55. The van der Waals surface area contributed by atoms with Gasteiger partial charge in [0.05, 0.1) is 17.6 Å². The molecule has 1 heterocycles. The third-order valence-electron chi connectivity index (χ3n) is 14.0. The van der Waals surface area contributed by atoms with Crippen molar-refractivity contribution in [2.75, 3.05) is 52.4 Å². The number of nitrogens with zero attached hydrogens (tertiary/aromatic N) is 2. The van der Waals surface area contributed by atoms with E-state index < -0.39 is 22.2 Å². The van der Waals surface area contributed by atoms with Crippen LogP contribution in [-0.4, -0.2) is 91.7 Å². The lowest BCUT2D eigenvalue weighted by molar-refractivity contribution is -0.197. The summed E-state index contributed by atoms with van der Waals surface area (Å²) >= 11 is 0. The molecule has 5 rings (SSSR count). The van der Waals surface area contributed by atoms with Crippen molar-refractivity contribution in [2.24, 2.45) is 51.8 Å². The molecule has 1 aliphatic heterocycles. The largest absolute Gasteiger partial charge is 0.481 e. The summed E-state index contributed by atoms with van der Waals surface area (Å²) in [6.45, 7) is 23.7. The molecule has 7 heteroatoms. The molecule has 4 fully saturated rings. The third-order valence-corrected chi connectivity index (χ3v) is 14.0. The van der Waals surface area contributed by atoms with Gasteiger partial charge in [0.1, 0.15) is 11.7 Å². The van der Waals surface area contributed by atoms with Gasteiger partial charge in [0.15, 0.2) is 0 Å². The van der Waals surface area contributed by atoms with Crippen LogP contribution in [0.4, 0.5) is 0 Å². The van der Waals surface area contributed by atoms with Gasteiger partial charge in [0, 0.05) is 38.1 Å². The van der Waals surface area contributed by atoms with Crippen molar-refractivity contribution in [3.63, 3.8) is 0 Å². The van der Waals surface area contributed by atoms with Crippen LogP contribution in [0.3, 0.4) is 0 Å². The number of carbonyl (C=O) groups is 2. The molecule has 0 aromatic rings. The maximum atomic E-state index is 14.1. The first kappa shape index (κ1) is 36.0. The molecule has 46 heavy (non-hydrogen) atoms. The number of fused-ring (bicyclic) bond motifs is 2. The number of unbranched alkanes of at least 4 members (excludes halogenated alkanes) is 1. The second-order valence-corrected chi connectivity index (χ2v) is 16.2. The number of aldehydes is 1. The highest BCUT2D eigenvalue weighted by Crippen LogP contribution is 2.84. The van der Waals surface area contributed by atoms with E-state index in [4.69, 9.17) is 4.74 Å². The summed E-state index contributed by atoms with van der Waals surface area (Å²) in [7, 11) is 0. The molecular weight excluding hydrogens is 574 g/mol. The summed E-state index contributed by atoms with van der Waals surface area (Å²) in [4.78, 5) is 32.8. The van der Waals surface area contributed by atoms with Crippen LogP contribution in [0.15, 0.2) is 11.6 Å². The highest BCUT2D eigenvalue weighted by atomic mass is 16.5. The molecule has 0 radical (unpaired) electrons. The molecule has 5 aliphatic rings. The van der Waals surface area contributed by atoms with E-state index >= 15 is 0 Å². The summed E-state index contributed by atoms with van der Waals surface area (Å²) < 4.78 is 7.42. The first-order valence-corrected chi connectivity index (χ1v) is 19.3. The molecule has 7 unspecified atom stereocenters. The lowest BCUT2D eigenvalue weighted by Gasteiger charge is -2.60. The van der Waals surface area contributed by atoms with Crippen LogP contribution in [0, 0.1) is 51.8 Å². The fraction of sp³-hybridized carbons (Fsp3) is 0.897. The second kappa shape index (κ2) is 14.7. The molecule has 2 N–H and O–H groups in total. The molecule has 3 saturated carbocycles. The molecule has 0 amide bonds. The van der Waals surface area contributed by atoms with Crippen LogP contribution in [-0.2, 0) is 14.3 Å². The van der Waals surface area contributed by atoms with Crippen molar-refractivity contribution < 1.29 is 19.4 Å². The lowest BCUT2D eigenvalue weighted by atomic mass is 9.41. The van der Waals surface area contributed by atoms with Crippen molar-refractivity contribution in [3.8, 4) is 0 Å². The molecule has 262 valence electrons. The molecule has 7 nitrogen and oxygen atoms in total. The number of rotatable bonds is 19. The first-order chi connectivity index (χ1) is 22.1. The van der Waals surface area contributed by atoms with Crippen molar-refractivity contribution in [1.29, 1.82) is 0 Å². The Morgan fingerprint density at radius 1 is 1.07 bits per heavy atom. The molecule has 10 atom stereocenters. The Kier molecular flexibility index (Phi) is 11.5. The zero-order valence-corrected chi connectivity index (χ0v) is 30.4. The first-order valence-electron chi connectivity index (χ1n) is 19.3. The monoisotopic (exact) mass is 642 g/mol. The van der Waals surface area contributed by atoms with E-state index in [1.54, 1.807) is 0 Å². The number of nitrogens with one attached hydrogen (secondary N) is 1. The summed E-state index contributed by atoms with van der Waals surface area (Å²) in [6, 6.07) is 0. The Morgan fingerprint density at radius 2 is 1.80 bits per heavy atom. The molecule has 1 saturated heterocycles. The Hall–Kier alpha value is -1.28. The van der Waals surface area contributed by atoms with Gasteiger partial charge < -0.3 is 24.9 Å². The highest BCUT2D eigenvalue weighted by Gasteiger charge is 2.86. The van der Waals surface area contributed by atoms with Gasteiger partial charge in [-0.05, 0) is 93.7 Å². The summed E-state index contributed by atoms with van der Waals surface area (Å²) in [5, 5.41) is 15.2. The lowest BCUT2D eigenvalue weighted by Crippen LogP contribution is -2.65. The van der Waals surface area contributed by atoms with E-state index in [0.29, 0.717) is 24.2 Å². The van der Waals surface area contributed by atoms with E-state index in [1.165, 1.54) is 12.7 Å². The van der Waals surface area contributed by atoms with Crippen LogP contribution in [0.1, 0.15) is 106 Å². The maximum absolute atomic E-state index is 14.1. The molecule has 0 aromatic carbocycles. The Labute approximate surface area is 280 Å². The minimum absolute atomic E-state index is 0.0894. The quantitative estimate of drug-likeness (QED) is 0.0945. The summed E-state index contributed by atoms with van der Waals surface area (Å²) in [5.74, 6) is 0.931. The van der Waals surface area contributed by atoms with E-state index in [-0.39, 0.29) is 30.0 Å². The molecule has 0 aromatic heterocycles. The number of aliphatic carboxylic acids is 1. The minimum Gasteiger partial charge on any atom is -0.481 e. The number of carbonyl (C=O) groups excluding carboxylic acids is 1. The molecule has 0 spiro atoms. The Morgan fingerprint density at radius 3 is 2.43 bits per heavy atom. The van der Waals surface area contributed by atoms with Crippen LogP contribution in [0.25, 0.3) is 0 Å². The molecule has 4 bridgehead atoms. The van der Waals surface area contributed by atoms with Gasteiger partial charge in [-0.25, -0.2) is 0 Å². The number of likely N-dealkylation sites (N-methyl/N-ethyl adjacent to an activating group) is 1. The summed E-state index contributed by atoms with van der Waals surface area (Å²) in [5.41, 5.74) is -1.51. The van der Waals surface area contributed by atoms with Crippen LogP contribution < -0.4 is 5.32 Å². The standard InChI is InChI=1S/C39H67N3O4/c1-8-12-13-29-21-35(46-34(29)25-42(18-17-40-16-9-2)20-19-41(10-3)11-4)38-24-31-28(7)14-15-32(31)37(26-43)23-30(38)22-33(27(5)6)39(37,38)36(44)45/h22,26-32,34-35,40H,8-21,23-25H2,1-7H3,(H,44,45)/t28-,29?,30?,31-,32-,34?,35?,37?,38?,39?/m1/s1. The number of hydrogen-bond acceptors (Lipinski definition) is 6. The van der Waals surface area contributed by atoms with Crippen LogP contribution >= 0.6 is 0 Å². The zero-order valence-electron chi connectivity index (χ0n) is 30.4. The number of hydrogen-bond donors (Lipinski definition) is 2. The molecular formula is C39H67N3O4. The second-order valence-electron chi connectivity index (χ2n) is 16.2. The van der Waals surface area contributed by atoms with Crippen LogP contribution in [0.2, 0.25) is 0 Å². The SMILES string of the molecule is CCCCC1CC(C23C[C@@H]4[C@H](C)CC[C@H]4C4(C=O)CC2C=C(C(C)C)C34C(=O)O)OC1CN(CCNCCC)CCN(CC)CC.